The zero-order chi connectivity index (χ0) is 11.0. The van der Waals surface area contributed by atoms with Gasteiger partial charge in [0.15, 0.2) is 5.78 Å². The minimum atomic E-state index is -0.179. The largest absolute Gasteiger partial charge is 0.495 e. The van der Waals surface area contributed by atoms with E-state index in [2.05, 4.69) is 4.99 Å². The van der Waals surface area contributed by atoms with E-state index in [0.717, 1.165) is 0 Å². The number of nitrogens with zero attached hydrogens (tertiary/aromatic N) is 1. The molecule has 0 spiro atoms. The quantitative estimate of drug-likeness (QED) is 0.734. The van der Waals surface area contributed by atoms with Gasteiger partial charge in [0, 0.05) is 11.8 Å². The molecule has 1 aliphatic rings. The summed E-state index contributed by atoms with van der Waals surface area (Å²) in [5.41, 5.74) is 1.08. The Hall–Kier alpha value is -1.35. The van der Waals surface area contributed by atoms with Crippen LogP contribution in [-0.2, 0) is 0 Å². The van der Waals surface area contributed by atoms with Crippen molar-refractivity contribution in [2.75, 3.05) is 7.11 Å². The number of ketones is 1. The van der Waals surface area contributed by atoms with Crippen molar-refractivity contribution in [2.24, 2.45) is 10.9 Å². The molecule has 78 valence electrons. The highest BCUT2D eigenvalue weighted by atomic mass is 35.5. The van der Waals surface area contributed by atoms with Gasteiger partial charge in [-0.3, -0.25) is 9.79 Å². The van der Waals surface area contributed by atoms with Crippen LogP contribution in [0.15, 0.2) is 17.1 Å². The summed E-state index contributed by atoms with van der Waals surface area (Å²) in [6.07, 6.45) is 1.61. The second-order valence-corrected chi connectivity index (χ2v) is 3.79. The second-order valence-electron chi connectivity index (χ2n) is 3.41. The lowest BCUT2D eigenvalue weighted by atomic mass is 9.96. The number of hydrogen-bond donors (Lipinski definition) is 0. The van der Waals surface area contributed by atoms with Crippen LogP contribution in [-0.4, -0.2) is 19.1 Å². The average molecular weight is 224 g/mol. The van der Waals surface area contributed by atoms with Crippen LogP contribution in [0.1, 0.15) is 17.3 Å². The van der Waals surface area contributed by atoms with Gasteiger partial charge in [-0.2, -0.15) is 0 Å². The molecule has 0 fully saturated rings. The molecule has 0 aliphatic carbocycles. The summed E-state index contributed by atoms with van der Waals surface area (Å²) in [6, 6.07) is 3.39. The van der Waals surface area contributed by atoms with E-state index in [9.17, 15) is 4.79 Å². The Bertz CT molecular complexity index is 454. The predicted molar refractivity (Wildman–Crippen MR) is 59.7 cm³/mol. The first-order valence-corrected chi connectivity index (χ1v) is 4.98. The molecule has 1 aromatic carbocycles. The molecule has 1 atom stereocenters. The van der Waals surface area contributed by atoms with E-state index < -0.39 is 0 Å². The molecule has 0 amide bonds. The number of fused-ring (bicyclic) bond motifs is 1. The first-order valence-electron chi connectivity index (χ1n) is 4.60. The maximum atomic E-state index is 11.8. The SMILES string of the molecule is COc1ccc2c(c1Cl)N=CC(C)C2=O. The minimum Gasteiger partial charge on any atom is -0.495 e. The molecule has 1 unspecified atom stereocenters. The van der Waals surface area contributed by atoms with Gasteiger partial charge in [-0.1, -0.05) is 18.5 Å². The van der Waals surface area contributed by atoms with E-state index in [0.29, 0.717) is 22.0 Å². The number of carbonyl (C=O) groups is 1. The highest BCUT2D eigenvalue weighted by molar-refractivity contribution is 6.36. The summed E-state index contributed by atoms with van der Waals surface area (Å²) in [5.74, 6) is 0.404. The van der Waals surface area contributed by atoms with Crippen LogP contribution in [0.4, 0.5) is 5.69 Å². The van der Waals surface area contributed by atoms with E-state index in [-0.39, 0.29) is 11.7 Å². The fourth-order valence-electron chi connectivity index (χ4n) is 1.53. The Morgan fingerprint density at radius 3 is 2.87 bits per heavy atom. The van der Waals surface area contributed by atoms with Gasteiger partial charge in [0.05, 0.1) is 18.7 Å². The summed E-state index contributed by atoms with van der Waals surface area (Å²) in [5, 5.41) is 0.395. The molecule has 0 aromatic heterocycles. The topological polar surface area (TPSA) is 38.7 Å². The lowest BCUT2D eigenvalue weighted by Gasteiger charge is -2.16. The van der Waals surface area contributed by atoms with Crippen molar-refractivity contribution in [2.45, 2.75) is 6.92 Å². The Kier molecular flexibility index (Phi) is 2.49. The van der Waals surface area contributed by atoms with Crippen molar-refractivity contribution in [1.82, 2.24) is 0 Å². The van der Waals surface area contributed by atoms with Crippen LogP contribution in [0.3, 0.4) is 0 Å². The summed E-state index contributed by atoms with van der Waals surface area (Å²) < 4.78 is 5.06. The van der Waals surface area contributed by atoms with Gasteiger partial charge >= 0.3 is 0 Å². The lowest BCUT2D eigenvalue weighted by Crippen LogP contribution is -2.16. The van der Waals surface area contributed by atoms with Crippen LogP contribution in [0.2, 0.25) is 5.02 Å². The van der Waals surface area contributed by atoms with Crippen molar-refractivity contribution in [1.29, 1.82) is 0 Å². The molecular weight excluding hydrogens is 214 g/mol. The van der Waals surface area contributed by atoms with Gasteiger partial charge in [-0.15, -0.1) is 0 Å². The third-order valence-electron chi connectivity index (χ3n) is 2.41. The monoisotopic (exact) mass is 223 g/mol. The van der Waals surface area contributed by atoms with E-state index in [1.165, 1.54) is 7.11 Å². The Balaban J connectivity index is 2.63. The molecule has 1 aromatic rings. The van der Waals surface area contributed by atoms with Crippen LogP contribution >= 0.6 is 11.6 Å². The molecule has 3 nitrogen and oxygen atoms in total. The van der Waals surface area contributed by atoms with Crippen molar-refractivity contribution >= 4 is 29.3 Å². The maximum absolute atomic E-state index is 11.8. The number of halogens is 1. The molecule has 0 N–H and O–H groups in total. The molecule has 0 saturated heterocycles. The molecule has 1 aliphatic heterocycles. The summed E-state index contributed by atoms with van der Waals surface area (Å²) in [6.45, 7) is 1.81. The highest BCUT2D eigenvalue weighted by Gasteiger charge is 2.24. The van der Waals surface area contributed by atoms with Crippen LogP contribution < -0.4 is 4.74 Å². The first-order chi connectivity index (χ1) is 7.15. The number of hydrogen-bond acceptors (Lipinski definition) is 3. The molecular formula is C11H10ClNO2. The third kappa shape index (κ3) is 1.53. The molecule has 15 heavy (non-hydrogen) atoms. The zero-order valence-electron chi connectivity index (χ0n) is 8.45. The van der Waals surface area contributed by atoms with E-state index in [4.69, 9.17) is 16.3 Å². The smallest absolute Gasteiger partial charge is 0.173 e. The van der Waals surface area contributed by atoms with Crippen LogP contribution in [0.5, 0.6) is 5.75 Å². The Labute approximate surface area is 92.7 Å². The number of Topliss-reactive ketones (excluding diaryl/α,β-unsaturated/α-hetero) is 1. The van der Waals surface area contributed by atoms with Gasteiger partial charge in [0.2, 0.25) is 0 Å². The van der Waals surface area contributed by atoms with E-state index in [1.54, 1.807) is 18.3 Å². The van der Waals surface area contributed by atoms with Gasteiger partial charge in [-0.25, -0.2) is 0 Å². The third-order valence-corrected chi connectivity index (χ3v) is 2.77. The number of rotatable bonds is 1. The number of methoxy groups -OCH3 is 1. The Morgan fingerprint density at radius 1 is 1.47 bits per heavy atom. The summed E-state index contributed by atoms with van der Waals surface area (Å²) in [7, 11) is 1.53. The highest BCUT2D eigenvalue weighted by Crippen LogP contribution is 2.39. The van der Waals surface area contributed by atoms with Crippen molar-refractivity contribution < 1.29 is 9.53 Å². The Morgan fingerprint density at radius 2 is 2.20 bits per heavy atom. The predicted octanol–water partition coefficient (Wildman–Crippen LogP) is 2.88. The normalized spacial score (nSPS) is 18.9. The van der Waals surface area contributed by atoms with Crippen molar-refractivity contribution in [3.63, 3.8) is 0 Å². The number of carbonyl (C=O) groups excluding carboxylic acids is 1. The minimum absolute atomic E-state index is 0.0459. The molecule has 2 rings (SSSR count). The number of ether oxygens (including phenoxy) is 1. The van der Waals surface area contributed by atoms with E-state index in [1.807, 2.05) is 6.92 Å². The molecule has 0 saturated carbocycles. The summed E-state index contributed by atoms with van der Waals surface area (Å²) in [4.78, 5) is 16.0. The van der Waals surface area contributed by atoms with E-state index >= 15 is 0 Å². The second kappa shape index (κ2) is 3.66. The average Bonchev–Trinajstić information content (AvgIpc) is 2.24. The number of aliphatic imine (C=N–C) groups is 1. The lowest BCUT2D eigenvalue weighted by molar-refractivity contribution is 0.0962. The van der Waals surface area contributed by atoms with Gasteiger partial charge in [-0.05, 0) is 12.1 Å². The van der Waals surface area contributed by atoms with Gasteiger partial charge in [0.1, 0.15) is 10.8 Å². The first kappa shape index (κ1) is 10.2. The molecule has 0 bridgehead atoms. The fraction of sp³-hybridized carbons (Fsp3) is 0.273. The standard InChI is InChI=1S/C11H10ClNO2/c1-6-5-13-10-7(11(6)14)3-4-8(15-2)9(10)12/h3-6H,1-2H3. The summed E-state index contributed by atoms with van der Waals surface area (Å²) >= 11 is 6.05. The molecule has 1 heterocycles. The van der Waals surface area contributed by atoms with Crippen molar-refractivity contribution in [3.8, 4) is 5.75 Å². The molecule has 0 radical (unpaired) electrons. The van der Waals surface area contributed by atoms with Gasteiger partial charge < -0.3 is 4.74 Å². The van der Waals surface area contributed by atoms with Crippen molar-refractivity contribution in [3.05, 3.63) is 22.7 Å². The van der Waals surface area contributed by atoms with Crippen LogP contribution in [0.25, 0.3) is 0 Å². The molecule has 4 heteroatoms. The van der Waals surface area contributed by atoms with Gasteiger partial charge in [0.25, 0.3) is 0 Å². The maximum Gasteiger partial charge on any atom is 0.173 e. The van der Waals surface area contributed by atoms with Crippen LogP contribution in [0, 0.1) is 5.92 Å². The fourth-order valence-corrected chi connectivity index (χ4v) is 1.82. The zero-order valence-corrected chi connectivity index (χ0v) is 9.21. The number of benzene rings is 1.